The van der Waals surface area contributed by atoms with E-state index < -0.39 is 0 Å². The van der Waals surface area contributed by atoms with E-state index in [9.17, 15) is 9.59 Å². The van der Waals surface area contributed by atoms with E-state index in [-0.39, 0.29) is 11.5 Å². The van der Waals surface area contributed by atoms with Gasteiger partial charge in [0.2, 0.25) is 0 Å². The molecule has 1 amide bonds. The van der Waals surface area contributed by atoms with Crippen molar-refractivity contribution < 1.29 is 4.79 Å². The molecule has 0 spiro atoms. The van der Waals surface area contributed by atoms with Crippen LogP contribution in [0.1, 0.15) is 16.1 Å². The fourth-order valence-electron chi connectivity index (χ4n) is 2.00. The van der Waals surface area contributed by atoms with Crippen LogP contribution in [0.5, 0.6) is 0 Å². The van der Waals surface area contributed by atoms with Gasteiger partial charge >= 0.3 is 0 Å². The Morgan fingerprint density at radius 2 is 1.86 bits per heavy atom. The number of nitrogens with one attached hydrogen (secondary N) is 1. The van der Waals surface area contributed by atoms with Gasteiger partial charge in [-0.15, -0.1) is 0 Å². The van der Waals surface area contributed by atoms with Crippen LogP contribution in [-0.4, -0.2) is 36.3 Å². The Hall–Kier alpha value is -2.63. The molecule has 0 radical (unpaired) electrons. The van der Waals surface area contributed by atoms with Crippen molar-refractivity contribution >= 4 is 11.6 Å². The molecular weight excluding hydrogens is 280 g/mol. The molecule has 0 unspecified atom stereocenters. The normalized spacial score (nSPS) is 10.3. The zero-order valence-corrected chi connectivity index (χ0v) is 13.0. The van der Waals surface area contributed by atoms with Crippen molar-refractivity contribution in [1.82, 2.24) is 15.1 Å². The lowest BCUT2D eigenvalue weighted by Crippen LogP contribution is -2.32. The first-order valence-corrected chi connectivity index (χ1v) is 7.08. The van der Waals surface area contributed by atoms with Gasteiger partial charge in [-0.2, -0.15) is 5.10 Å². The minimum absolute atomic E-state index is 0.161. The third-order valence-corrected chi connectivity index (χ3v) is 3.26. The maximum Gasteiger partial charge on any atom is 0.266 e. The van der Waals surface area contributed by atoms with Crippen LogP contribution in [0.15, 0.2) is 41.2 Å². The van der Waals surface area contributed by atoms with E-state index in [0.29, 0.717) is 18.7 Å². The van der Waals surface area contributed by atoms with Gasteiger partial charge in [0.15, 0.2) is 0 Å². The van der Waals surface area contributed by atoms with Crippen molar-refractivity contribution in [1.29, 1.82) is 0 Å². The van der Waals surface area contributed by atoms with E-state index in [4.69, 9.17) is 0 Å². The van der Waals surface area contributed by atoms with Gasteiger partial charge in [-0.25, -0.2) is 4.68 Å². The standard InChI is InChI=1S/C16H20N4O2/c1-12-4-9-15(21)20(18-12)11-10-17-16(22)13-5-7-14(8-6-13)19(2)3/h4-9H,10-11H2,1-3H3,(H,17,22). The molecule has 2 rings (SSSR count). The molecule has 0 atom stereocenters. The summed E-state index contributed by atoms with van der Waals surface area (Å²) in [5.41, 5.74) is 2.22. The van der Waals surface area contributed by atoms with Gasteiger partial charge in [0, 0.05) is 38.0 Å². The minimum atomic E-state index is -0.171. The van der Waals surface area contributed by atoms with Crippen molar-refractivity contribution in [2.75, 3.05) is 25.5 Å². The van der Waals surface area contributed by atoms with Gasteiger partial charge in [0.1, 0.15) is 0 Å². The lowest BCUT2D eigenvalue weighted by Gasteiger charge is -2.12. The predicted molar refractivity (Wildman–Crippen MR) is 86.3 cm³/mol. The Labute approximate surface area is 129 Å². The van der Waals surface area contributed by atoms with E-state index in [2.05, 4.69) is 10.4 Å². The Morgan fingerprint density at radius 1 is 1.18 bits per heavy atom. The second-order valence-corrected chi connectivity index (χ2v) is 5.23. The quantitative estimate of drug-likeness (QED) is 0.896. The smallest absolute Gasteiger partial charge is 0.266 e. The monoisotopic (exact) mass is 300 g/mol. The topological polar surface area (TPSA) is 67.2 Å². The number of amides is 1. The van der Waals surface area contributed by atoms with Gasteiger partial charge in [-0.05, 0) is 37.3 Å². The van der Waals surface area contributed by atoms with Crippen LogP contribution in [0.25, 0.3) is 0 Å². The lowest BCUT2D eigenvalue weighted by molar-refractivity contribution is 0.0951. The summed E-state index contributed by atoms with van der Waals surface area (Å²) >= 11 is 0. The molecule has 0 saturated carbocycles. The molecule has 0 bridgehead atoms. The Kier molecular flexibility index (Phi) is 4.93. The largest absolute Gasteiger partial charge is 0.378 e. The van der Waals surface area contributed by atoms with E-state index in [1.165, 1.54) is 10.7 Å². The third kappa shape index (κ3) is 3.94. The summed E-state index contributed by atoms with van der Waals surface area (Å²) in [6.45, 7) is 2.52. The second-order valence-electron chi connectivity index (χ2n) is 5.23. The highest BCUT2D eigenvalue weighted by Gasteiger charge is 2.06. The molecule has 1 N–H and O–H groups in total. The van der Waals surface area contributed by atoms with Crippen LogP contribution >= 0.6 is 0 Å². The zero-order chi connectivity index (χ0) is 16.1. The van der Waals surface area contributed by atoms with Crippen molar-refractivity contribution in [3.05, 3.63) is 58.0 Å². The number of hydrogen-bond acceptors (Lipinski definition) is 4. The predicted octanol–water partition coefficient (Wildman–Crippen LogP) is 1.05. The number of aromatic nitrogens is 2. The molecule has 0 fully saturated rings. The molecule has 0 aliphatic heterocycles. The summed E-state index contributed by atoms with van der Waals surface area (Å²) in [5.74, 6) is -0.161. The number of carbonyl (C=O) groups is 1. The molecule has 22 heavy (non-hydrogen) atoms. The molecule has 6 heteroatoms. The maximum absolute atomic E-state index is 12.0. The van der Waals surface area contributed by atoms with Crippen LogP contribution in [0.2, 0.25) is 0 Å². The van der Waals surface area contributed by atoms with Crippen LogP contribution in [-0.2, 0) is 6.54 Å². The molecule has 0 aliphatic rings. The first-order chi connectivity index (χ1) is 10.5. The molecule has 0 saturated heterocycles. The highest BCUT2D eigenvalue weighted by Crippen LogP contribution is 2.11. The first kappa shape index (κ1) is 15.8. The van der Waals surface area contributed by atoms with E-state index in [1.54, 1.807) is 18.2 Å². The molecule has 1 aromatic carbocycles. The molecule has 1 aromatic heterocycles. The summed E-state index contributed by atoms with van der Waals surface area (Å²) < 4.78 is 1.35. The average molecular weight is 300 g/mol. The number of hydrogen-bond donors (Lipinski definition) is 1. The van der Waals surface area contributed by atoms with Crippen molar-refractivity contribution in [3.63, 3.8) is 0 Å². The molecule has 0 aliphatic carbocycles. The van der Waals surface area contributed by atoms with Gasteiger partial charge in [-0.1, -0.05) is 0 Å². The van der Waals surface area contributed by atoms with Crippen molar-refractivity contribution in [2.45, 2.75) is 13.5 Å². The van der Waals surface area contributed by atoms with Gasteiger partial charge in [-0.3, -0.25) is 9.59 Å². The SMILES string of the molecule is Cc1ccc(=O)n(CCNC(=O)c2ccc(N(C)C)cc2)n1. The summed E-state index contributed by atoms with van der Waals surface area (Å²) in [5, 5.41) is 6.91. The van der Waals surface area contributed by atoms with E-state index in [1.807, 2.05) is 38.1 Å². The lowest BCUT2D eigenvalue weighted by atomic mass is 10.2. The number of rotatable bonds is 5. The van der Waals surface area contributed by atoms with Crippen molar-refractivity contribution in [3.8, 4) is 0 Å². The number of carbonyl (C=O) groups excluding carboxylic acids is 1. The van der Waals surface area contributed by atoms with E-state index in [0.717, 1.165) is 11.4 Å². The number of nitrogens with zero attached hydrogens (tertiary/aromatic N) is 3. The molecule has 6 nitrogen and oxygen atoms in total. The molecule has 1 heterocycles. The fraction of sp³-hybridized carbons (Fsp3) is 0.312. The Balaban J connectivity index is 1.92. The van der Waals surface area contributed by atoms with Gasteiger partial charge in [0.05, 0.1) is 12.2 Å². The Bertz CT molecular complexity index is 705. The summed E-state index contributed by atoms with van der Waals surface area (Å²) in [4.78, 5) is 25.6. The van der Waals surface area contributed by atoms with Gasteiger partial charge in [0.25, 0.3) is 11.5 Å². The number of aryl methyl sites for hydroxylation is 1. The Morgan fingerprint density at radius 3 is 2.50 bits per heavy atom. The van der Waals surface area contributed by atoms with Crippen LogP contribution in [0.4, 0.5) is 5.69 Å². The summed E-state index contributed by atoms with van der Waals surface area (Å²) in [6.07, 6.45) is 0. The average Bonchev–Trinajstić information content (AvgIpc) is 2.50. The van der Waals surface area contributed by atoms with Crippen LogP contribution in [0.3, 0.4) is 0 Å². The fourth-order valence-corrected chi connectivity index (χ4v) is 2.00. The van der Waals surface area contributed by atoms with Crippen LogP contribution in [0, 0.1) is 6.92 Å². The highest BCUT2D eigenvalue weighted by atomic mass is 16.1. The summed E-state index contributed by atoms with van der Waals surface area (Å²) in [7, 11) is 3.89. The first-order valence-electron chi connectivity index (χ1n) is 7.08. The molecular formula is C16H20N4O2. The number of anilines is 1. The van der Waals surface area contributed by atoms with Gasteiger partial charge < -0.3 is 10.2 Å². The number of benzene rings is 1. The molecule has 116 valence electrons. The third-order valence-electron chi connectivity index (χ3n) is 3.26. The zero-order valence-electron chi connectivity index (χ0n) is 13.0. The minimum Gasteiger partial charge on any atom is -0.378 e. The highest BCUT2D eigenvalue weighted by molar-refractivity contribution is 5.94. The molecule has 2 aromatic rings. The van der Waals surface area contributed by atoms with E-state index >= 15 is 0 Å². The van der Waals surface area contributed by atoms with Crippen LogP contribution < -0.4 is 15.8 Å². The van der Waals surface area contributed by atoms with Crippen molar-refractivity contribution in [2.24, 2.45) is 0 Å². The second kappa shape index (κ2) is 6.89. The summed E-state index contributed by atoms with van der Waals surface area (Å²) in [6, 6.07) is 10.5. The maximum atomic E-state index is 12.0.